The van der Waals surface area contributed by atoms with Gasteiger partial charge >= 0.3 is 5.97 Å². The first-order valence-electron chi connectivity index (χ1n) is 4.07. The zero-order valence-corrected chi connectivity index (χ0v) is 11.9. The first-order chi connectivity index (χ1) is 6.91. The lowest BCUT2D eigenvalue weighted by atomic mass is 10.1. The lowest BCUT2D eigenvalue weighted by Crippen LogP contribution is -2.15. The van der Waals surface area contributed by atoms with Crippen LogP contribution in [-0.2, 0) is 4.79 Å². The van der Waals surface area contributed by atoms with E-state index in [1.165, 1.54) is 0 Å². The van der Waals surface area contributed by atoms with E-state index in [1.807, 2.05) is 45.2 Å². The van der Waals surface area contributed by atoms with Crippen molar-refractivity contribution < 1.29 is 15.0 Å². The van der Waals surface area contributed by atoms with Crippen molar-refractivity contribution in [1.82, 2.24) is 0 Å². The zero-order chi connectivity index (χ0) is 11.6. The molecule has 0 heterocycles. The van der Waals surface area contributed by atoms with Gasteiger partial charge in [0.15, 0.2) is 0 Å². The van der Waals surface area contributed by atoms with Crippen LogP contribution in [0.3, 0.4) is 0 Å². The Bertz CT molecular complexity index is 372. The third-order valence-electron chi connectivity index (χ3n) is 1.86. The maximum Gasteiger partial charge on any atom is 0.305 e. The maximum absolute atomic E-state index is 10.5. The number of carboxylic acids is 1. The third kappa shape index (κ3) is 3.45. The highest BCUT2D eigenvalue weighted by Crippen LogP contribution is 2.29. The number of halogens is 2. The molecule has 4 N–H and O–H groups in total. The highest BCUT2D eigenvalue weighted by atomic mass is 127. The molecule has 6 heteroatoms. The van der Waals surface area contributed by atoms with Gasteiger partial charge in [-0.2, -0.15) is 0 Å². The molecule has 0 aliphatic rings. The number of aliphatic carboxylic acids is 1. The standard InChI is InChI=1S/C9H9I2NO3/c10-5-1-4(2-6(11)9(5)15)7(12)3-8(13)14/h1-2,7,15H,3,12H2,(H,13,14). The lowest BCUT2D eigenvalue weighted by molar-refractivity contribution is -0.137. The monoisotopic (exact) mass is 433 g/mol. The highest BCUT2D eigenvalue weighted by Gasteiger charge is 2.14. The number of hydrogen-bond acceptors (Lipinski definition) is 3. The summed E-state index contributed by atoms with van der Waals surface area (Å²) >= 11 is 3.97. The Balaban J connectivity index is 3.00. The number of phenols is 1. The molecule has 0 aliphatic carbocycles. The van der Waals surface area contributed by atoms with Gasteiger partial charge in [0, 0.05) is 6.04 Å². The zero-order valence-electron chi connectivity index (χ0n) is 7.58. The van der Waals surface area contributed by atoms with Gasteiger partial charge in [0.2, 0.25) is 0 Å². The minimum Gasteiger partial charge on any atom is -0.506 e. The van der Waals surface area contributed by atoms with Crippen LogP contribution in [0.2, 0.25) is 0 Å². The van der Waals surface area contributed by atoms with Crippen LogP contribution in [0.1, 0.15) is 18.0 Å². The molecule has 0 saturated heterocycles. The van der Waals surface area contributed by atoms with E-state index in [9.17, 15) is 9.90 Å². The number of aromatic hydroxyl groups is 1. The van der Waals surface area contributed by atoms with E-state index >= 15 is 0 Å². The number of carbonyl (C=O) groups is 1. The van der Waals surface area contributed by atoms with Crippen molar-refractivity contribution in [3.63, 3.8) is 0 Å². The van der Waals surface area contributed by atoms with E-state index < -0.39 is 12.0 Å². The highest BCUT2D eigenvalue weighted by molar-refractivity contribution is 14.1. The van der Waals surface area contributed by atoms with Crippen molar-refractivity contribution >= 4 is 51.2 Å². The second kappa shape index (κ2) is 5.30. The third-order valence-corrected chi connectivity index (χ3v) is 3.51. The molecule has 82 valence electrons. The summed E-state index contributed by atoms with van der Waals surface area (Å²) < 4.78 is 1.35. The van der Waals surface area contributed by atoms with Crippen molar-refractivity contribution in [1.29, 1.82) is 0 Å². The van der Waals surface area contributed by atoms with Crippen molar-refractivity contribution in [3.8, 4) is 5.75 Å². The predicted molar refractivity (Wildman–Crippen MR) is 72.7 cm³/mol. The van der Waals surface area contributed by atoms with E-state index in [0.717, 1.165) is 5.56 Å². The first kappa shape index (κ1) is 13.0. The summed E-state index contributed by atoms with van der Waals surface area (Å²) in [5, 5.41) is 18.1. The minimum atomic E-state index is -0.930. The number of benzene rings is 1. The summed E-state index contributed by atoms with van der Waals surface area (Å²) in [4.78, 5) is 10.5. The van der Waals surface area contributed by atoms with Gasteiger partial charge in [0.25, 0.3) is 0 Å². The average molecular weight is 433 g/mol. The van der Waals surface area contributed by atoms with Gasteiger partial charge < -0.3 is 15.9 Å². The lowest BCUT2D eigenvalue weighted by Gasteiger charge is -2.11. The summed E-state index contributed by atoms with van der Waals surface area (Å²) in [6.45, 7) is 0. The quantitative estimate of drug-likeness (QED) is 0.638. The summed E-state index contributed by atoms with van der Waals surface area (Å²) in [5.74, 6) is -0.719. The SMILES string of the molecule is NC(CC(=O)O)c1cc(I)c(O)c(I)c1. The van der Waals surface area contributed by atoms with Gasteiger partial charge in [-0.25, -0.2) is 0 Å². The molecule has 1 aromatic carbocycles. The molecule has 0 aromatic heterocycles. The largest absolute Gasteiger partial charge is 0.506 e. The Morgan fingerprint density at radius 2 is 1.87 bits per heavy atom. The van der Waals surface area contributed by atoms with Crippen molar-refractivity contribution in [2.45, 2.75) is 12.5 Å². The Hall–Kier alpha value is -0.0900. The number of rotatable bonds is 3. The average Bonchev–Trinajstić information content (AvgIpc) is 2.12. The molecule has 0 amide bonds. The van der Waals surface area contributed by atoms with E-state index in [1.54, 1.807) is 12.1 Å². The molecular formula is C9H9I2NO3. The Morgan fingerprint density at radius 1 is 1.40 bits per heavy atom. The molecule has 1 unspecified atom stereocenters. The molecule has 0 spiro atoms. The maximum atomic E-state index is 10.5. The molecule has 4 nitrogen and oxygen atoms in total. The molecular weight excluding hydrogens is 424 g/mol. The van der Waals surface area contributed by atoms with E-state index in [2.05, 4.69) is 0 Å². The van der Waals surface area contributed by atoms with Crippen LogP contribution >= 0.6 is 45.2 Å². The fourth-order valence-corrected chi connectivity index (χ4v) is 2.92. The molecule has 0 aliphatic heterocycles. The predicted octanol–water partition coefficient (Wildman–Crippen LogP) is 2.08. The van der Waals surface area contributed by atoms with E-state index in [-0.39, 0.29) is 12.2 Å². The summed E-state index contributed by atoms with van der Waals surface area (Å²) in [7, 11) is 0. The Kier molecular flexibility index (Phi) is 4.59. The molecule has 1 aromatic rings. The summed E-state index contributed by atoms with van der Waals surface area (Å²) in [6.07, 6.45) is -0.114. The van der Waals surface area contributed by atoms with Gasteiger partial charge in [-0.3, -0.25) is 4.79 Å². The molecule has 15 heavy (non-hydrogen) atoms. The minimum absolute atomic E-state index is 0.114. The molecule has 1 atom stereocenters. The smallest absolute Gasteiger partial charge is 0.305 e. The Morgan fingerprint density at radius 3 is 2.27 bits per heavy atom. The van der Waals surface area contributed by atoms with Crippen LogP contribution in [0.15, 0.2) is 12.1 Å². The molecule has 0 saturated carbocycles. The molecule has 0 bridgehead atoms. The number of phenolic OH excluding ortho intramolecular Hbond substituents is 1. The van der Waals surface area contributed by atoms with Crippen LogP contribution in [0, 0.1) is 7.14 Å². The van der Waals surface area contributed by atoms with Crippen LogP contribution in [0.25, 0.3) is 0 Å². The first-order valence-corrected chi connectivity index (χ1v) is 6.23. The summed E-state index contributed by atoms with van der Waals surface area (Å²) in [6, 6.07) is 2.86. The Labute approximate surface area is 114 Å². The van der Waals surface area contributed by atoms with Crippen LogP contribution in [0.4, 0.5) is 0 Å². The molecule has 0 radical (unpaired) electrons. The van der Waals surface area contributed by atoms with E-state index in [4.69, 9.17) is 10.8 Å². The van der Waals surface area contributed by atoms with Crippen molar-refractivity contribution in [2.75, 3.05) is 0 Å². The van der Waals surface area contributed by atoms with Gasteiger partial charge in [-0.1, -0.05) is 0 Å². The summed E-state index contributed by atoms with van der Waals surface area (Å²) in [5.41, 5.74) is 6.44. The second-order valence-electron chi connectivity index (χ2n) is 3.04. The normalized spacial score (nSPS) is 12.5. The molecule has 0 fully saturated rings. The van der Waals surface area contributed by atoms with Gasteiger partial charge in [-0.05, 0) is 62.9 Å². The van der Waals surface area contributed by atoms with Gasteiger partial charge in [-0.15, -0.1) is 0 Å². The second-order valence-corrected chi connectivity index (χ2v) is 5.36. The van der Waals surface area contributed by atoms with Crippen LogP contribution in [0.5, 0.6) is 5.75 Å². The van der Waals surface area contributed by atoms with Gasteiger partial charge in [0.05, 0.1) is 13.6 Å². The van der Waals surface area contributed by atoms with Crippen molar-refractivity contribution in [2.24, 2.45) is 5.73 Å². The van der Waals surface area contributed by atoms with Gasteiger partial charge in [0.1, 0.15) is 5.75 Å². The van der Waals surface area contributed by atoms with Crippen LogP contribution in [-0.4, -0.2) is 16.2 Å². The number of hydrogen-bond donors (Lipinski definition) is 3. The fourth-order valence-electron chi connectivity index (χ4n) is 1.11. The number of carboxylic acid groups (broad SMARTS) is 1. The number of nitrogens with two attached hydrogens (primary N) is 1. The fraction of sp³-hybridized carbons (Fsp3) is 0.222. The van der Waals surface area contributed by atoms with Crippen molar-refractivity contribution in [3.05, 3.63) is 24.8 Å². The molecule has 1 rings (SSSR count). The van der Waals surface area contributed by atoms with E-state index in [0.29, 0.717) is 7.14 Å². The van der Waals surface area contributed by atoms with Crippen LogP contribution < -0.4 is 5.73 Å². The topological polar surface area (TPSA) is 83.6 Å².